The van der Waals surface area contributed by atoms with Gasteiger partial charge in [0.2, 0.25) is 0 Å². The number of hydrogen-bond donors (Lipinski definition) is 1. The molecule has 1 aliphatic heterocycles. The first-order valence-corrected chi connectivity index (χ1v) is 5.63. The molecule has 5 nitrogen and oxygen atoms in total. The van der Waals surface area contributed by atoms with Gasteiger partial charge in [-0.2, -0.15) is 5.10 Å². The number of likely N-dealkylation sites (tertiary alicyclic amines) is 1. The minimum absolute atomic E-state index is 0. The number of halogens is 2. The summed E-state index contributed by atoms with van der Waals surface area (Å²) in [6.45, 7) is 5.15. The molecular weight excluding hydrogens is 261 g/mol. The third-order valence-electron chi connectivity index (χ3n) is 3.05. The van der Waals surface area contributed by atoms with E-state index in [1.165, 1.54) is 19.4 Å². The first-order valence-electron chi connectivity index (χ1n) is 5.63. The SMILES string of the molecule is Cl.Cl.NCC1CCCN(CCn2cncn2)C1. The molecule has 1 aromatic rings. The molecule has 100 valence electrons. The monoisotopic (exact) mass is 281 g/mol. The van der Waals surface area contributed by atoms with Crippen molar-refractivity contribution < 1.29 is 0 Å². The smallest absolute Gasteiger partial charge is 0.137 e. The number of nitrogens with zero attached hydrogens (tertiary/aromatic N) is 4. The zero-order chi connectivity index (χ0) is 10.5. The Labute approximate surface area is 115 Å². The van der Waals surface area contributed by atoms with E-state index in [2.05, 4.69) is 15.0 Å². The first kappa shape index (κ1) is 16.6. The molecule has 1 saturated heterocycles. The first-order chi connectivity index (χ1) is 7.38. The van der Waals surface area contributed by atoms with Crippen LogP contribution in [0.15, 0.2) is 12.7 Å². The van der Waals surface area contributed by atoms with Crippen molar-refractivity contribution in [2.75, 3.05) is 26.2 Å². The summed E-state index contributed by atoms with van der Waals surface area (Å²) in [5, 5.41) is 4.09. The van der Waals surface area contributed by atoms with E-state index in [1.807, 2.05) is 4.68 Å². The Kier molecular flexibility index (Phi) is 8.51. The van der Waals surface area contributed by atoms with Crippen LogP contribution in [0.1, 0.15) is 12.8 Å². The van der Waals surface area contributed by atoms with Crippen molar-refractivity contribution in [2.45, 2.75) is 19.4 Å². The van der Waals surface area contributed by atoms with Crippen LogP contribution in [-0.4, -0.2) is 45.8 Å². The molecule has 0 radical (unpaired) electrons. The lowest BCUT2D eigenvalue weighted by molar-refractivity contribution is 0.171. The van der Waals surface area contributed by atoms with Crippen LogP contribution >= 0.6 is 24.8 Å². The van der Waals surface area contributed by atoms with E-state index in [0.29, 0.717) is 5.92 Å². The van der Waals surface area contributed by atoms with E-state index >= 15 is 0 Å². The Balaban J connectivity index is 0.00000128. The summed E-state index contributed by atoms with van der Waals surface area (Å²) in [6, 6.07) is 0. The van der Waals surface area contributed by atoms with E-state index in [-0.39, 0.29) is 24.8 Å². The zero-order valence-corrected chi connectivity index (χ0v) is 11.5. The summed E-state index contributed by atoms with van der Waals surface area (Å²) in [7, 11) is 0. The van der Waals surface area contributed by atoms with Crippen molar-refractivity contribution >= 4 is 24.8 Å². The molecule has 0 amide bonds. The van der Waals surface area contributed by atoms with Gasteiger partial charge in [-0.05, 0) is 31.8 Å². The molecule has 0 spiro atoms. The Morgan fingerprint density at radius 3 is 2.76 bits per heavy atom. The van der Waals surface area contributed by atoms with Crippen molar-refractivity contribution in [1.82, 2.24) is 19.7 Å². The number of nitrogens with two attached hydrogens (primary N) is 1. The molecule has 0 saturated carbocycles. The zero-order valence-electron chi connectivity index (χ0n) is 9.86. The Hall–Kier alpha value is -0.360. The summed E-state index contributed by atoms with van der Waals surface area (Å²) < 4.78 is 1.88. The van der Waals surface area contributed by atoms with E-state index in [9.17, 15) is 0 Å². The highest BCUT2D eigenvalue weighted by Crippen LogP contribution is 2.14. The van der Waals surface area contributed by atoms with Crippen LogP contribution in [0.3, 0.4) is 0 Å². The Morgan fingerprint density at radius 2 is 2.12 bits per heavy atom. The minimum atomic E-state index is 0. The molecule has 0 aromatic carbocycles. The van der Waals surface area contributed by atoms with Gasteiger partial charge in [0.25, 0.3) is 0 Å². The van der Waals surface area contributed by atoms with Gasteiger partial charge in [0.1, 0.15) is 12.7 Å². The highest BCUT2D eigenvalue weighted by molar-refractivity contribution is 5.85. The quantitative estimate of drug-likeness (QED) is 0.887. The Bertz CT molecular complexity index is 280. The standard InChI is InChI=1S/C10H19N5.2ClH/c11-6-10-2-1-3-14(7-10)4-5-15-9-12-8-13-15;;/h8-10H,1-7,11H2;2*1H. The predicted octanol–water partition coefficient (Wildman–Crippen LogP) is 0.792. The van der Waals surface area contributed by atoms with E-state index in [0.717, 1.165) is 26.2 Å². The molecule has 7 heteroatoms. The van der Waals surface area contributed by atoms with Gasteiger partial charge < -0.3 is 10.6 Å². The molecule has 0 aliphatic carbocycles. The maximum Gasteiger partial charge on any atom is 0.137 e. The van der Waals surface area contributed by atoms with Gasteiger partial charge >= 0.3 is 0 Å². The van der Waals surface area contributed by atoms with Crippen LogP contribution in [-0.2, 0) is 6.54 Å². The van der Waals surface area contributed by atoms with Crippen LogP contribution in [0, 0.1) is 5.92 Å². The fourth-order valence-electron chi connectivity index (χ4n) is 2.14. The largest absolute Gasteiger partial charge is 0.330 e. The van der Waals surface area contributed by atoms with Crippen LogP contribution in [0.2, 0.25) is 0 Å². The van der Waals surface area contributed by atoms with Crippen molar-refractivity contribution in [1.29, 1.82) is 0 Å². The average molecular weight is 282 g/mol. The molecule has 1 aromatic heterocycles. The maximum absolute atomic E-state index is 5.70. The second-order valence-electron chi connectivity index (χ2n) is 4.20. The van der Waals surface area contributed by atoms with E-state index in [4.69, 9.17) is 5.73 Å². The topological polar surface area (TPSA) is 60.0 Å². The van der Waals surface area contributed by atoms with Gasteiger partial charge in [-0.1, -0.05) is 0 Å². The fraction of sp³-hybridized carbons (Fsp3) is 0.800. The lowest BCUT2D eigenvalue weighted by Crippen LogP contribution is -2.39. The highest BCUT2D eigenvalue weighted by Gasteiger charge is 2.17. The molecule has 17 heavy (non-hydrogen) atoms. The number of hydrogen-bond acceptors (Lipinski definition) is 4. The van der Waals surface area contributed by atoms with Gasteiger partial charge in [-0.15, -0.1) is 24.8 Å². The molecule has 0 bridgehead atoms. The second-order valence-corrected chi connectivity index (χ2v) is 4.20. The average Bonchev–Trinajstić information content (AvgIpc) is 2.79. The molecule has 1 fully saturated rings. The minimum Gasteiger partial charge on any atom is -0.330 e. The van der Waals surface area contributed by atoms with Gasteiger partial charge in [0.15, 0.2) is 0 Å². The maximum atomic E-state index is 5.70. The van der Waals surface area contributed by atoms with Crippen molar-refractivity contribution in [3.05, 3.63) is 12.7 Å². The van der Waals surface area contributed by atoms with Crippen LogP contribution in [0.5, 0.6) is 0 Å². The van der Waals surface area contributed by atoms with E-state index in [1.54, 1.807) is 12.7 Å². The molecule has 2 rings (SSSR count). The van der Waals surface area contributed by atoms with Crippen molar-refractivity contribution in [3.63, 3.8) is 0 Å². The summed E-state index contributed by atoms with van der Waals surface area (Å²) in [6.07, 6.45) is 5.92. The highest BCUT2D eigenvalue weighted by atomic mass is 35.5. The molecule has 1 unspecified atom stereocenters. The van der Waals surface area contributed by atoms with Crippen molar-refractivity contribution in [2.24, 2.45) is 11.7 Å². The van der Waals surface area contributed by atoms with Gasteiger partial charge in [0, 0.05) is 13.1 Å². The molecule has 1 aliphatic rings. The van der Waals surface area contributed by atoms with Crippen LogP contribution < -0.4 is 5.73 Å². The molecular formula is C10H21Cl2N5. The summed E-state index contributed by atoms with van der Waals surface area (Å²) in [4.78, 5) is 6.41. The lowest BCUT2D eigenvalue weighted by atomic mass is 9.98. The molecule has 1 atom stereocenters. The predicted molar refractivity (Wildman–Crippen MR) is 72.7 cm³/mol. The third kappa shape index (κ3) is 5.21. The van der Waals surface area contributed by atoms with Gasteiger partial charge in [0.05, 0.1) is 6.54 Å². The number of piperidine rings is 1. The molecule has 2 heterocycles. The summed E-state index contributed by atoms with van der Waals surface area (Å²) in [5.41, 5.74) is 5.70. The second kappa shape index (κ2) is 8.69. The van der Waals surface area contributed by atoms with Gasteiger partial charge in [-0.25, -0.2) is 4.98 Å². The third-order valence-corrected chi connectivity index (χ3v) is 3.05. The summed E-state index contributed by atoms with van der Waals surface area (Å²) >= 11 is 0. The Morgan fingerprint density at radius 1 is 1.29 bits per heavy atom. The van der Waals surface area contributed by atoms with E-state index < -0.39 is 0 Å². The number of aromatic nitrogens is 3. The van der Waals surface area contributed by atoms with Crippen LogP contribution in [0.4, 0.5) is 0 Å². The van der Waals surface area contributed by atoms with Gasteiger partial charge in [-0.3, -0.25) is 4.68 Å². The lowest BCUT2D eigenvalue weighted by Gasteiger charge is -2.31. The fourth-order valence-corrected chi connectivity index (χ4v) is 2.14. The van der Waals surface area contributed by atoms with Crippen molar-refractivity contribution in [3.8, 4) is 0 Å². The summed E-state index contributed by atoms with van der Waals surface area (Å²) in [5.74, 6) is 0.689. The normalized spacial score (nSPS) is 20.4. The van der Waals surface area contributed by atoms with Crippen LogP contribution in [0.25, 0.3) is 0 Å². The molecule has 2 N–H and O–H groups in total. The number of rotatable bonds is 4.